The number of aromatic amines is 1. The van der Waals surface area contributed by atoms with Crippen molar-refractivity contribution in [1.29, 1.82) is 0 Å². The lowest BCUT2D eigenvalue weighted by Gasteiger charge is -2.10. The van der Waals surface area contributed by atoms with Gasteiger partial charge < -0.3 is 5.73 Å². The molecule has 6 nitrogen and oxygen atoms in total. The molecule has 0 saturated heterocycles. The summed E-state index contributed by atoms with van der Waals surface area (Å²) in [6, 6.07) is 4.19. The number of nitrogens with two attached hydrogens (primary N) is 1. The van der Waals surface area contributed by atoms with Crippen LogP contribution in [0.4, 0.5) is 5.69 Å². The van der Waals surface area contributed by atoms with Crippen molar-refractivity contribution in [2.45, 2.75) is 18.7 Å². The fraction of sp³-hybridized carbons (Fsp3) is 0.167. The summed E-state index contributed by atoms with van der Waals surface area (Å²) in [5.74, 6) is 0. The van der Waals surface area contributed by atoms with E-state index in [-0.39, 0.29) is 14.9 Å². The van der Waals surface area contributed by atoms with Gasteiger partial charge in [0.05, 0.1) is 27.0 Å². The van der Waals surface area contributed by atoms with Crippen molar-refractivity contribution in [3.8, 4) is 0 Å². The molecule has 1 aromatic heterocycles. The fourth-order valence-corrected chi connectivity index (χ4v) is 3.55. The van der Waals surface area contributed by atoms with Crippen LogP contribution in [-0.2, 0) is 10.0 Å². The lowest BCUT2D eigenvalue weighted by molar-refractivity contribution is 0.601. The molecule has 0 saturated carbocycles. The van der Waals surface area contributed by atoms with Crippen LogP contribution in [0.15, 0.2) is 23.1 Å². The van der Waals surface area contributed by atoms with Crippen molar-refractivity contribution in [2.75, 3.05) is 4.72 Å². The molecule has 0 radical (unpaired) electrons. The van der Waals surface area contributed by atoms with E-state index < -0.39 is 10.0 Å². The van der Waals surface area contributed by atoms with Crippen LogP contribution in [0.2, 0.25) is 5.02 Å². The summed E-state index contributed by atoms with van der Waals surface area (Å²) in [6.45, 7) is 3.42. The zero-order valence-corrected chi connectivity index (χ0v) is 13.7. The Hall–Kier alpha value is -1.64. The third-order valence-corrected chi connectivity index (χ3v) is 4.76. The van der Waals surface area contributed by atoms with Crippen LogP contribution in [0.5, 0.6) is 0 Å². The highest BCUT2D eigenvalue weighted by Gasteiger charge is 2.19. The lowest BCUT2D eigenvalue weighted by Crippen LogP contribution is -2.15. The number of benzene rings is 1. The Morgan fingerprint density at radius 3 is 2.57 bits per heavy atom. The van der Waals surface area contributed by atoms with Crippen LogP contribution in [0.1, 0.15) is 17.0 Å². The quantitative estimate of drug-likeness (QED) is 0.737. The molecule has 0 aliphatic rings. The highest BCUT2D eigenvalue weighted by molar-refractivity contribution is 7.92. The van der Waals surface area contributed by atoms with Crippen LogP contribution < -0.4 is 10.5 Å². The summed E-state index contributed by atoms with van der Waals surface area (Å²) in [4.78, 5) is 0.130. The second-order valence-electron chi connectivity index (χ2n) is 4.42. The molecular formula is C12H13ClN4O2S2. The minimum Gasteiger partial charge on any atom is -0.389 e. The van der Waals surface area contributed by atoms with Crippen LogP contribution in [0.25, 0.3) is 0 Å². The monoisotopic (exact) mass is 344 g/mol. The van der Waals surface area contributed by atoms with E-state index in [1.54, 1.807) is 13.8 Å². The van der Waals surface area contributed by atoms with Gasteiger partial charge in [-0.2, -0.15) is 5.10 Å². The summed E-state index contributed by atoms with van der Waals surface area (Å²) in [6.07, 6.45) is 0. The molecular weight excluding hydrogens is 332 g/mol. The number of rotatable bonds is 4. The molecule has 0 fully saturated rings. The molecule has 0 bridgehead atoms. The van der Waals surface area contributed by atoms with Gasteiger partial charge in [-0.1, -0.05) is 23.8 Å². The van der Waals surface area contributed by atoms with Gasteiger partial charge in [-0.3, -0.25) is 9.82 Å². The predicted octanol–water partition coefficient (Wildman–Crippen LogP) is 2.11. The van der Waals surface area contributed by atoms with Gasteiger partial charge in [0.2, 0.25) is 0 Å². The van der Waals surface area contributed by atoms with Gasteiger partial charge in [0.15, 0.2) is 0 Å². The molecule has 0 aliphatic heterocycles. The molecule has 2 aromatic rings. The maximum Gasteiger partial charge on any atom is 0.262 e. The molecule has 0 spiro atoms. The largest absolute Gasteiger partial charge is 0.389 e. The maximum absolute atomic E-state index is 12.4. The summed E-state index contributed by atoms with van der Waals surface area (Å²) in [5, 5.41) is 6.83. The summed E-state index contributed by atoms with van der Waals surface area (Å²) in [7, 11) is -3.77. The number of H-pyrrole nitrogens is 1. The van der Waals surface area contributed by atoms with E-state index in [1.807, 2.05) is 0 Å². The number of aromatic nitrogens is 2. The number of aryl methyl sites for hydroxylation is 2. The zero-order valence-electron chi connectivity index (χ0n) is 11.3. The Labute approximate surface area is 132 Å². The number of nitrogens with zero attached hydrogens (tertiary/aromatic N) is 1. The Morgan fingerprint density at radius 2 is 2.10 bits per heavy atom. The van der Waals surface area contributed by atoms with Crippen LogP contribution >= 0.6 is 23.8 Å². The first kappa shape index (κ1) is 15.7. The topological polar surface area (TPSA) is 101 Å². The van der Waals surface area contributed by atoms with Crippen molar-refractivity contribution in [1.82, 2.24) is 10.2 Å². The van der Waals surface area contributed by atoms with Gasteiger partial charge in [-0.05, 0) is 32.0 Å². The Balaban J connectivity index is 2.41. The number of hydrogen-bond donors (Lipinski definition) is 3. The van der Waals surface area contributed by atoms with Crippen LogP contribution in [-0.4, -0.2) is 23.6 Å². The fourth-order valence-electron chi connectivity index (χ4n) is 1.76. The highest BCUT2D eigenvalue weighted by Crippen LogP contribution is 2.24. The van der Waals surface area contributed by atoms with E-state index in [4.69, 9.17) is 29.6 Å². The van der Waals surface area contributed by atoms with Gasteiger partial charge in [-0.15, -0.1) is 0 Å². The third kappa shape index (κ3) is 3.17. The van der Waals surface area contributed by atoms with E-state index in [1.165, 1.54) is 18.2 Å². The minimum absolute atomic E-state index is 0.0208. The van der Waals surface area contributed by atoms with Crippen LogP contribution in [0.3, 0.4) is 0 Å². The molecule has 0 aliphatic carbocycles. The molecule has 1 aromatic carbocycles. The minimum atomic E-state index is -3.77. The number of nitrogens with one attached hydrogen (secondary N) is 2. The van der Waals surface area contributed by atoms with Crippen molar-refractivity contribution in [2.24, 2.45) is 5.73 Å². The molecule has 9 heteroatoms. The third-order valence-electron chi connectivity index (χ3n) is 2.88. The Bertz CT molecular complexity index is 795. The zero-order chi connectivity index (χ0) is 15.8. The molecule has 0 unspecified atom stereocenters. The number of anilines is 1. The summed E-state index contributed by atoms with van der Waals surface area (Å²) < 4.78 is 27.2. The van der Waals surface area contributed by atoms with Crippen molar-refractivity contribution >= 4 is 44.5 Å². The Morgan fingerprint density at radius 1 is 1.43 bits per heavy atom. The van der Waals surface area contributed by atoms with Crippen molar-refractivity contribution in [3.05, 3.63) is 40.2 Å². The SMILES string of the molecule is Cc1n[nH]c(C)c1NS(=O)(=O)c1ccc(C(N)=S)c(Cl)c1. The van der Waals surface area contributed by atoms with Gasteiger partial charge in [0.1, 0.15) is 4.99 Å². The number of sulfonamides is 1. The average Bonchev–Trinajstić information content (AvgIpc) is 2.69. The van der Waals surface area contributed by atoms with E-state index >= 15 is 0 Å². The smallest absolute Gasteiger partial charge is 0.262 e. The molecule has 2 rings (SSSR count). The maximum atomic E-state index is 12.4. The first-order valence-corrected chi connectivity index (χ1v) is 8.13. The normalized spacial score (nSPS) is 11.4. The number of halogens is 1. The molecule has 0 amide bonds. The summed E-state index contributed by atoms with van der Waals surface area (Å²) in [5.41, 5.74) is 7.53. The van der Waals surface area contributed by atoms with E-state index in [0.717, 1.165) is 0 Å². The highest BCUT2D eigenvalue weighted by atomic mass is 35.5. The molecule has 4 N–H and O–H groups in total. The molecule has 0 atom stereocenters. The van der Waals surface area contributed by atoms with E-state index in [9.17, 15) is 8.42 Å². The molecule has 21 heavy (non-hydrogen) atoms. The lowest BCUT2D eigenvalue weighted by atomic mass is 10.2. The van der Waals surface area contributed by atoms with E-state index in [2.05, 4.69) is 14.9 Å². The number of thiocarbonyl (C=S) groups is 1. The number of hydrogen-bond acceptors (Lipinski definition) is 4. The Kier molecular flexibility index (Phi) is 4.22. The summed E-state index contributed by atoms with van der Waals surface area (Å²) >= 11 is 10.8. The standard InChI is InChI=1S/C12H13ClN4O2S2/c1-6-11(7(2)16-15-6)17-21(18,19)8-3-4-9(12(14)20)10(13)5-8/h3-5,17H,1-2H3,(H2,14,20)(H,15,16). The van der Waals surface area contributed by atoms with Crippen molar-refractivity contribution in [3.63, 3.8) is 0 Å². The van der Waals surface area contributed by atoms with Crippen molar-refractivity contribution < 1.29 is 8.42 Å². The van der Waals surface area contributed by atoms with Gasteiger partial charge in [0.25, 0.3) is 10.0 Å². The van der Waals surface area contributed by atoms with Gasteiger partial charge >= 0.3 is 0 Å². The van der Waals surface area contributed by atoms with Crippen LogP contribution in [0, 0.1) is 13.8 Å². The second-order valence-corrected chi connectivity index (χ2v) is 6.95. The molecule has 1 heterocycles. The average molecular weight is 345 g/mol. The second kappa shape index (κ2) is 5.63. The molecule has 112 valence electrons. The first-order valence-electron chi connectivity index (χ1n) is 5.86. The van der Waals surface area contributed by atoms with Gasteiger partial charge in [0, 0.05) is 5.56 Å². The predicted molar refractivity (Wildman–Crippen MR) is 86.2 cm³/mol. The first-order chi connectivity index (χ1) is 9.72. The van der Waals surface area contributed by atoms with Gasteiger partial charge in [-0.25, -0.2) is 8.42 Å². The van der Waals surface area contributed by atoms with E-state index in [0.29, 0.717) is 22.6 Å².